The zero-order valence-electron chi connectivity index (χ0n) is 9.44. The number of nitrogens with zero attached hydrogens (tertiary/aromatic N) is 1. The minimum absolute atomic E-state index is 0.164. The van der Waals surface area contributed by atoms with Crippen LogP contribution in [0.5, 0.6) is 5.75 Å². The number of nitriles is 1. The summed E-state index contributed by atoms with van der Waals surface area (Å²) in [7, 11) is 1.40. The van der Waals surface area contributed by atoms with E-state index in [9.17, 15) is 4.39 Å². The van der Waals surface area contributed by atoms with Crippen molar-refractivity contribution in [3.05, 3.63) is 29.6 Å². The smallest absolute Gasteiger partial charge is 0.165 e. The third-order valence-electron chi connectivity index (χ3n) is 3.07. The molecule has 1 heterocycles. The van der Waals surface area contributed by atoms with Crippen LogP contribution in [0.4, 0.5) is 4.39 Å². The monoisotopic (exact) mass is 236 g/mol. The topological polar surface area (TPSA) is 68.3 Å². The van der Waals surface area contributed by atoms with Crippen molar-refractivity contribution in [2.45, 2.75) is 6.04 Å². The second-order valence-electron chi connectivity index (χ2n) is 4.13. The van der Waals surface area contributed by atoms with Gasteiger partial charge in [0, 0.05) is 0 Å². The SMILES string of the molecule is COc1ccc(C(N)C2(C#N)COC2)cc1F. The van der Waals surface area contributed by atoms with Crippen LogP contribution >= 0.6 is 0 Å². The summed E-state index contributed by atoms with van der Waals surface area (Å²) >= 11 is 0. The Bertz CT molecular complexity index is 466. The summed E-state index contributed by atoms with van der Waals surface area (Å²) in [5.41, 5.74) is 5.84. The highest BCUT2D eigenvalue weighted by molar-refractivity contribution is 5.33. The average Bonchev–Trinajstić information content (AvgIpc) is 2.28. The second kappa shape index (κ2) is 4.32. The lowest BCUT2D eigenvalue weighted by Gasteiger charge is -2.39. The quantitative estimate of drug-likeness (QED) is 0.860. The summed E-state index contributed by atoms with van der Waals surface area (Å²) in [5.74, 6) is -0.314. The van der Waals surface area contributed by atoms with E-state index >= 15 is 0 Å². The molecule has 0 aromatic heterocycles. The van der Waals surface area contributed by atoms with Crippen molar-refractivity contribution in [2.75, 3.05) is 20.3 Å². The lowest BCUT2D eigenvalue weighted by molar-refractivity contribution is -0.0911. The minimum Gasteiger partial charge on any atom is -0.494 e. The Morgan fingerprint density at radius 1 is 1.59 bits per heavy atom. The van der Waals surface area contributed by atoms with E-state index in [0.29, 0.717) is 5.56 Å². The van der Waals surface area contributed by atoms with Gasteiger partial charge in [-0.25, -0.2) is 4.39 Å². The zero-order chi connectivity index (χ0) is 12.5. The molecule has 0 spiro atoms. The Morgan fingerprint density at radius 3 is 2.71 bits per heavy atom. The van der Waals surface area contributed by atoms with Crippen LogP contribution in [0.15, 0.2) is 18.2 Å². The van der Waals surface area contributed by atoms with Crippen LogP contribution in [0.3, 0.4) is 0 Å². The number of ether oxygens (including phenoxy) is 2. The number of halogens is 1. The molecule has 1 unspecified atom stereocenters. The van der Waals surface area contributed by atoms with Crippen molar-refractivity contribution >= 4 is 0 Å². The molecule has 1 fully saturated rings. The first-order valence-corrected chi connectivity index (χ1v) is 5.21. The van der Waals surface area contributed by atoms with Gasteiger partial charge in [0.2, 0.25) is 0 Å². The van der Waals surface area contributed by atoms with E-state index in [2.05, 4.69) is 6.07 Å². The van der Waals surface area contributed by atoms with E-state index in [1.54, 1.807) is 6.07 Å². The molecule has 2 N–H and O–H groups in total. The molecule has 1 saturated heterocycles. The molecule has 2 rings (SSSR count). The molecule has 1 aromatic rings. The minimum atomic E-state index is -0.735. The molecule has 90 valence electrons. The lowest BCUT2D eigenvalue weighted by atomic mass is 9.77. The zero-order valence-corrected chi connectivity index (χ0v) is 9.44. The predicted octanol–water partition coefficient (Wildman–Crippen LogP) is 1.37. The standard InChI is InChI=1S/C12H13FN2O2/c1-16-10-3-2-8(4-9(10)13)11(15)12(5-14)6-17-7-12/h2-4,11H,6-7,15H2,1H3. The highest BCUT2D eigenvalue weighted by Crippen LogP contribution is 2.39. The molecule has 1 aliphatic rings. The van der Waals surface area contributed by atoms with Crippen molar-refractivity contribution in [2.24, 2.45) is 11.1 Å². The summed E-state index contributed by atoms with van der Waals surface area (Å²) < 4.78 is 23.4. The van der Waals surface area contributed by atoms with Crippen molar-refractivity contribution in [3.8, 4) is 11.8 Å². The molecule has 1 aliphatic heterocycles. The molecular weight excluding hydrogens is 223 g/mol. The molecule has 1 atom stereocenters. The van der Waals surface area contributed by atoms with Gasteiger partial charge in [-0.05, 0) is 17.7 Å². The predicted molar refractivity (Wildman–Crippen MR) is 58.7 cm³/mol. The fraction of sp³-hybridized carbons (Fsp3) is 0.417. The maximum atomic E-state index is 13.5. The average molecular weight is 236 g/mol. The fourth-order valence-electron chi connectivity index (χ4n) is 1.83. The summed E-state index contributed by atoms with van der Waals surface area (Å²) in [6, 6.07) is 6.09. The van der Waals surface area contributed by atoms with Gasteiger partial charge < -0.3 is 15.2 Å². The van der Waals surface area contributed by atoms with Gasteiger partial charge in [0.15, 0.2) is 11.6 Å². The van der Waals surface area contributed by atoms with Gasteiger partial charge in [0.05, 0.1) is 32.4 Å². The number of nitrogens with two attached hydrogens (primary N) is 1. The van der Waals surface area contributed by atoms with Crippen molar-refractivity contribution in [1.82, 2.24) is 0 Å². The molecule has 0 bridgehead atoms. The van der Waals surface area contributed by atoms with Gasteiger partial charge in [-0.2, -0.15) is 5.26 Å². The first-order chi connectivity index (χ1) is 8.13. The Kier molecular flexibility index (Phi) is 3.01. The summed E-state index contributed by atoms with van der Waals surface area (Å²) in [6.45, 7) is 0.580. The van der Waals surface area contributed by atoms with Crippen LogP contribution in [-0.4, -0.2) is 20.3 Å². The number of benzene rings is 1. The Morgan fingerprint density at radius 2 is 2.29 bits per heavy atom. The van der Waals surface area contributed by atoms with Crippen LogP contribution in [0.25, 0.3) is 0 Å². The van der Waals surface area contributed by atoms with Gasteiger partial charge >= 0.3 is 0 Å². The molecule has 4 nitrogen and oxygen atoms in total. The summed E-state index contributed by atoms with van der Waals surface area (Å²) in [5, 5.41) is 9.11. The Labute approximate surface area is 98.7 Å². The third-order valence-corrected chi connectivity index (χ3v) is 3.07. The van der Waals surface area contributed by atoms with Gasteiger partial charge in [0.25, 0.3) is 0 Å². The van der Waals surface area contributed by atoms with Gasteiger partial charge in [-0.15, -0.1) is 0 Å². The number of rotatable bonds is 3. The van der Waals surface area contributed by atoms with Crippen LogP contribution < -0.4 is 10.5 Å². The third kappa shape index (κ3) is 1.86. The van der Waals surface area contributed by atoms with Crippen molar-refractivity contribution in [3.63, 3.8) is 0 Å². The normalized spacial score (nSPS) is 18.9. The highest BCUT2D eigenvalue weighted by Gasteiger charge is 2.45. The van der Waals surface area contributed by atoms with E-state index in [0.717, 1.165) is 0 Å². The first-order valence-electron chi connectivity index (χ1n) is 5.21. The molecule has 0 radical (unpaired) electrons. The molecular formula is C12H13FN2O2. The van der Waals surface area contributed by atoms with Crippen LogP contribution in [0.1, 0.15) is 11.6 Å². The highest BCUT2D eigenvalue weighted by atomic mass is 19.1. The van der Waals surface area contributed by atoms with E-state index < -0.39 is 17.3 Å². The Balaban J connectivity index is 2.29. The van der Waals surface area contributed by atoms with E-state index in [1.165, 1.54) is 19.2 Å². The van der Waals surface area contributed by atoms with E-state index in [-0.39, 0.29) is 19.0 Å². The first kappa shape index (κ1) is 11.8. The molecule has 0 amide bonds. The molecule has 17 heavy (non-hydrogen) atoms. The molecule has 0 saturated carbocycles. The van der Waals surface area contributed by atoms with Crippen LogP contribution in [-0.2, 0) is 4.74 Å². The molecule has 0 aliphatic carbocycles. The van der Waals surface area contributed by atoms with Crippen molar-refractivity contribution in [1.29, 1.82) is 5.26 Å². The lowest BCUT2D eigenvalue weighted by Crippen LogP contribution is -2.49. The van der Waals surface area contributed by atoms with E-state index in [1.807, 2.05) is 0 Å². The fourth-order valence-corrected chi connectivity index (χ4v) is 1.83. The summed E-state index contributed by atoms with van der Waals surface area (Å²) in [4.78, 5) is 0. The number of methoxy groups -OCH3 is 1. The van der Waals surface area contributed by atoms with Crippen LogP contribution in [0.2, 0.25) is 0 Å². The van der Waals surface area contributed by atoms with Crippen LogP contribution in [0, 0.1) is 22.6 Å². The van der Waals surface area contributed by atoms with Gasteiger partial charge in [-0.1, -0.05) is 6.07 Å². The number of hydrogen-bond donors (Lipinski definition) is 1. The van der Waals surface area contributed by atoms with E-state index in [4.69, 9.17) is 20.5 Å². The number of hydrogen-bond acceptors (Lipinski definition) is 4. The largest absolute Gasteiger partial charge is 0.494 e. The van der Waals surface area contributed by atoms with Gasteiger partial charge in [0.1, 0.15) is 5.41 Å². The molecule has 5 heteroatoms. The molecule has 1 aromatic carbocycles. The Hall–Kier alpha value is -1.64. The second-order valence-corrected chi connectivity index (χ2v) is 4.13. The van der Waals surface area contributed by atoms with Crippen molar-refractivity contribution < 1.29 is 13.9 Å². The maximum Gasteiger partial charge on any atom is 0.165 e. The summed E-state index contributed by atoms with van der Waals surface area (Å²) in [6.07, 6.45) is 0. The maximum absolute atomic E-state index is 13.5. The van der Waals surface area contributed by atoms with Gasteiger partial charge in [-0.3, -0.25) is 0 Å².